The van der Waals surface area contributed by atoms with Gasteiger partial charge >= 0.3 is 0 Å². The Labute approximate surface area is 92.0 Å². The van der Waals surface area contributed by atoms with Crippen molar-refractivity contribution in [2.45, 2.75) is 40.5 Å². The fraction of sp³-hybridized carbons (Fsp3) is 1.00. The van der Waals surface area contributed by atoms with Crippen LogP contribution in [0.5, 0.6) is 0 Å². The lowest BCUT2D eigenvalue weighted by Crippen LogP contribution is -2.84. The molecule has 0 spiro atoms. The third kappa shape index (κ3) is 32.0. The average Bonchev–Trinajstić information content (AvgIpc) is 2.01. The summed E-state index contributed by atoms with van der Waals surface area (Å²) < 4.78 is 0. The van der Waals surface area contributed by atoms with Crippen molar-refractivity contribution >= 4 is 0 Å². The van der Waals surface area contributed by atoms with Gasteiger partial charge in [-0.15, -0.1) is 0 Å². The zero-order valence-corrected chi connectivity index (χ0v) is 10.2. The van der Waals surface area contributed by atoms with Crippen LogP contribution in [-0.4, -0.2) is 18.2 Å². The summed E-state index contributed by atoms with van der Waals surface area (Å²) in [6, 6.07) is 0. The zero-order chi connectivity index (χ0) is 12.3. The second kappa shape index (κ2) is 11.2. The van der Waals surface area contributed by atoms with Gasteiger partial charge in [0, 0.05) is 0 Å². The number of quaternary nitrogens is 1. The van der Waals surface area contributed by atoms with E-state index < -0.39 is 5.09 Å². The maximum Gasteiger partial charge on any atom is 0.0757 e. The summed E-state index contributed by atoms with van der Waals surface area (Å²) in [5.41, 5.74) is 0. The standard InChI is InChI=1S/C10H23N.NO3/c1-9(2)5-7-11-8-6-10(3)4;2-1(3)4/h9-11H,5-8H2,1-4H3;/q;-1/p+1. The highest BCUT2D eigenvalue weighted by Gasteiger charge is 1.97. The van der Waals surface area contributed by atoms with E-state index in [2.05, 4.69) is 33.0 Å². The molecule has 0 fully saturated rings. The van der Waals surface area contributed by atoms with E-state index in [1.54, 1.807) is 0 Å². The van der Waals surface area contributed by atoms with Gasteiger partial charge in [0.25, 0.3) is 0 Å². The van der Waals surface area contributed by atoms with Gasteiger partial charge in [-0.1, -0.05) is 27.7 Å². The first-order valence-corrected chi connectivity index (χ1v) is 5.49. The highest BCUT2D eigenvalue weighted by molar-refractivity contribution is 4.42. The molecule has 0 aliphatic rings. The monoisotopic (exact) mass is 220 g/mol. The molecule has 0 aliphatic heterocycles. The Kier molecular flexibility index (Phi) is 12.4. The molecule has 15 heavy (non-hydrogen) atoms. The average molecular weight is 220 g/mol. The molecule has 5 heteroatoms. The van der Waals surface area contributed by atoms with Crippen LogP contribution in [-0.2, 0) is 0 Å². The molecular formula is C10H24N2O3. The number of nitrogens with two attached hydrogens (primary N) is 1. The third-order valence-electron chi connectivity index (χ3n) is 1.90. The summed E-state index contributed by atoms with van der Waals surface area (Å²) in [5.74, 6) is 1.73. The quantitative estimate of drug-likeness (QED) is 0.417. The molecule has 0 aromatic heterocycles. The first kappa shape index (κ1) is 16.6. The summed E-state index contributed by atoms with van der Waals surface area (Å²) >= 11 is 0. The van der Waals surface area contributed by atoms with E-state index in [0.29, 0.717) is 0 Å². The van der Waals surface area contributed by atoms with Crippen LogP contribution in [0.2, 0.25) is 0 Å². The van der Waals surface area contributed by atoms with Crippen LogP contribution in [0.25, 0.3) is 0 Å². The van der Waals surface area contributed by atoms with E-state index in [-0.39, 0.29) is 0 Å². The molecule has 0 unspecified atom stereocenters. The Morgan fingerprint density at radius 2 is 1.27 bits per heavy atom. The van der Waals surface area contributed by atoms with Crippen molar-refractivity contribution < 1.29 is 10.4 Å². The summed E-state index contributed by atoms with van der Waals surface area (Å²) in [6.45, 7) is 11.8. The van der Waals surface area contributed by atoms with E-state index in [1.807, 2.05) is 0 Å². The lowest BCUT2D eigenvalue weighted by molar-refractivity contribution is -0.656. The molecule has 0 radical (unpaired) electrons. The van der Waals surface area contributed by atoms with Gasteiger partial charge in [0.05, 0.1) is 18.2 Å². The maximum atomic E-state index is 8.25. The molecule has 5 nitrogen and oxygen atoms in total. The second-order valence-corrected chi connectivity index (χ2v) is 4.45. The van der Waals surface area contributed by atoms with Gasteiger partial charge in [-0.2, -0.15) is 0 Å². The van der Waals surface area contributed by atoms with Crippen LogP contribution in [0.4, 0.5) is 0 Å². The lowest BCUT2D eigenvalue weighted by atomic mass is 10.1. The van der Waals surface area contributed by atoms with E-state index in [9.17, 15) is 0 Å². The van der Waals surface area contributed by atoms with Crippen molar-refractivity contribution in [1.29, 1.82) is 0 Å². The van der Waals surface area contributed by atoms with Crippen LogP contribution >= 0.6 is 0 Å². The van der Waals surface area contributed by atoms with Crippen molar-refractivity contribution in [3.63, 3.8) is 0 Å². The fourth-order valence-corrected chi connectivity index (χ4v) is 1.05. The largest absolute Gasteiger partial charge is 0.356 e. The molecule has 0 heterocycles. The summed E-state index contributed by atoms with van der Waals surface area (Å²) in [5, 5.41) is 17.2. The van der Waals surface area contributed by atoms with Crippen molar-refractivity contribution in [3.05, 3.63) is 15.3 Å². The Morgan fingerprint density at radius 3 is 1.47 bits per heavy atom. The van der Waals surface area contributed by atoms with Crippen molar-refractivity contribution in [1.82, 2.24) is 0 Å². The van der Waals surface area contributed by atoms with Gasteiger partial charge in [-0.25, -0.2) is 0 Å². The predicted molar refractivity (Wildman–Crippen MR) is 60.9 cm³/mol. The van der Waals surface area contributed by atoms with Crippen LogP contribution in [0.15, 0.2) is 0 Å². The minimum atomic E-state index is -1.75. The SMILES string of the molecule is CC(C)CC[NH2+]CCC(C)C.O=[N+]([O-])[O-]. The molecule has 0 saturated carbocycles. The highest BCUT2D eigenvalue weighted by atomic mass is 16.9. The van der Waals surface area contributed by atoms with E-state index in [0.717, 1.165) is 11.8 Å². The molecule has 0 rings (SSSR count). The Morgan fingerprint density at radius 1 is 1.00 bits per heavy atom. The Bertz CT molecular complexity index is 136. The molecular weight excluding hydrogens is 196 g/mol. The van der Waals surface area contributed by atoms with Crippen LogP contribution in [0, 0.1) is 27.2 Å². The van der Waals surface area contributed by atoms with E-state index >= 15 is 0 Å². The highest BCUT2D eigenvalue weighted by Crippen LogP contribution is 1.95. The number of hydrogen-bond acceptors (Lipinski definition) is 3. The van der Waals surface area contributed by atoms with Gasteiger partial charge < -0.3 is 20.6 Å². The Hall–Kier alpha value is -0.840. The van der Waals surface area contributed by atoms with Gasteiger partial charge in [0.2, 0.25) is 0 Å². The molecule has 0 aromatic rings. The predicted octanol–water partition coefficient (Wildman–Crippen LogP) is 1.40. The molecule has 0 aromatic carbocycles. The normalized spacial score (nSPS) is 10.0. The first-order valence-electron chi connectivity index (χ1n) is 5.49. The first-order chi connectivity index (χ1) is 6.86. The molecule has 0 amide bonds. The van der Waals surface area contributed by atoms with E-state index in [1.165, 1.54) is 25.9 Å². The lowest BCUT2D eigenvalue weighted by Gasteiger charge is -2.05. The van der Waals surface area contributed by atoms with Crippen LogP contribution < -0.4 is 5.32 Å². The summed E-state index contributed by atoms with van der Waals surface area (Å²) in [4.78, 5) is 8.25. The number of rotatable bonds is 6. The summed E-state index contributed by atoms with van der Waals surface area (Å²) in [7, 11) is 0. The molecule has 0 bridgehead atoms. The number of hydrogen-bond donors (Lipinski definition) is 1. The van der Waals surface area contributed by atoms with Gasteiger partial charge in [-0.3, -0.25) is 0 Å². The van der Waals surface area contributed by atoms with Gasteiger partial charge in [0.1, 0.15) is 0 Å². The molecule has 0 aliphatic carbocycles. The topological polar surface area (TPSA) is 82.8 Å². The smallest absolute Gasteiger partial charge is 0.0757 e. The second-order valence-electron chi connectivity index (χ2n) is 4.45. The molecule has 92 valence electrons. The van der Waals surface area contributed by atoms with Crippen LogP contribution in [0.1, 0.15) is 40.5 Å². The van der Waals surface area contributed by atoms with Crippen molar-refractivity contribution in [2.24, 2.45) is 11.8 Å². The van der Waals surface area contributed by atoms with Gasteiger partial charge in [-0.05, 0) is 24.7 Å². The third-order valence-corrected chi connectivity index (χ3v) is 1.90. The minimum Gasteiger partial charge on any atom is -0.356 e. The van der Waals surface area contributed by atoms with Gasteiger partial charge in [0.15, 0.2) is 0 Å². The molecule has 0 saturated heterocycles. The Balaban J connectivity index is 0. The molecule has 2 N–H and O–H groups in total. The zero-order valence-electron chi connectivity index (χ0n) is 10.2. The number of nitrogens with zero attached hydrogens (tertiary/aromatic N) is 1. The van der Waals surface area contributed by atoms with E-state index in [4.69, 9.17) is 15.3 Å². The summed E-state index contributed by atoms with van der Waals surface area (Å²) in [6.07, 6.45) is 2.72. The van der Waals surface area contributed by atoms with Crippen LogP contribution in [0.3, 0.4) is 0 Å². The maximum absolute atomic E-state index is 8.25. The molecule has 0 atom stereocenters. The van der Waals surface area contributed by atoms with Crippen molar-refractivity contribution in [3.8, 4) is 0 Å². The fourth-order valence-electron chi connectivity index (χ4n) is 1.05. The van der Waals surface area contributed by atoms with Crippen molar-refractivity contribution in [2.75, 3.05) is 13.1 Å². The minimum absolute atomic E-state index is 0.866.